The molecule has 0 saturated heterocycles. The highest BCUT2D eigenvalue weighted by Crippen LogP contribution is 2.17. The van der Waals surface area contributed by atoms with E-state index < -0.39 is 11.2 Å². The second-order valence-corrected chi connectivity index (χ2v) is 5.99. The molecular weight excluding hydrogens is 301 g/mol. The Kier molecular flexibility index (Phi) is 5.42. The van der Waals surface area contributed by atoms with Crippen LogP contribution in [0.15, 0.2) is 38.9 Å². The number of hydrogen-bond donors (Lipinski definition) is 2. The summed E-state index contributed by atoms with van der Waals surface area (Å²) in [6, 6.07) is 6.66. The number of aromatic nitrogens is 3. The second-order valence-electron chi connectivity index (χ2n) is 3.80. The van der Waals surface area contributed by atoms with Crippen LogP contribution in [0, 0.1) is 5.82 Å². The lowest BCUT2D eigenvalue weighted by molar-refractivity contribution is 0.617. The van der Waals surface area contributed by atoms with Crippen LogP contribution in [0.3, 0.4) is 0 Å². The van der Waals surface area contributed by atoms with Gasteiger partial charge in [-0.2, -0.15) is 16.9 Å². The Balaban J connectivity index is 1.76. The van der Waals surface area contributed by atoms with Crippen LogP contribution < -0.4 is 11.2 Å². The quantitative estimate of drug-likeness (QED) is 0.626. The van der Waals surface area contributed by atoms with Crippen LogP contribution in [0.5, 0.6) is 0 Å². The Bertz CT molecular complexity index is 687. The molecule has 1 heterocycles. The van der Waals surface area contributed by atoms with Gasteiger partial charge in [-0.05, 0) is 11.6 Å². The lowest BCUT2D eigenvalue weighted by Crippen LogP contribution is -2.25. The predicted octanol–water partition coefficient (Wildman–Crippen LogP) is 1.62. The highest BCUT2D eigenvalue weighted by molar-refractivity contribution is 8.02. The molecule has 0 fully saturated rings. The smallest absolute Gasteiger partial charge is 0.271 e. The molecule has 0 amide bonds. The first kappa shape index (κ1) is 14.9. The molecule has 5 nitrogen and oxygen atoms in total. The lowest BCUT2D eigenvalue weighted by atomic mass is 10.2. The van der Waals surface area contributed by atoms with E-state index in [4.69, 9.17) is 0 Å². The van der Waals surface area contributed by atoms with Gasteiger partial charge in [0.15, 0.2) is 5.03 Å². The number of aromatic amines is 2. The van der Waals surface area contributed by atoms with E-state index in [1.807, 2.05) is 0 Å². The highest BCUT2D eigenvalue weighted by Gasteiger charge is 2.04. The minimum Gasteiger partial charge on any atom is -0.271 e. The van der Waals surface area contributed by atoms with E-state index in [-0.39, 0.29) is 10.8 Å². The minimum atomic E-state index is -0.617. The third kappa shape index (κ3) is 4.24. The van der Waals surface area contributed by atoms with Gasteiger partial charge in [-0.3, -0.25) is 9.78 Å². The number of rotatable bonds is 6. The summed E-state index contributed by atoms with van der Waals surface area (Å²) in [5.41, 5.74) is -0.436. The molecule has 0 spiro atoms. The van der Waals surface area contributed by atoms with Crippen LogP contribution in [-0.4, -0.2) is 26.7 Å². The van der Waals surface area contributed by atoms with Crippen molar-refractivity contribution >= 4 is 23.5 Å². The van der Waals surface area contributed by atoms with E-state index in [1.54, 1.807) is 30.0 Å². The number of halogens is 1. The number of benzene rings is 1. The van der Waals surface area contributed by atoms with E-state index in [9.17, 15) is 14.0 Å². The van der Waals surface area contributed by atoms with Crippen molar-refractivity contribution in [3.8, 4) is 0 Å². The van der Waals surface area contributed by atoms with Crippen molar-refractivity contribution in [1.29, 1.82) is 0 Å². The largest absolute Gasteiger partial charge is 0.342 e. The Labute approximate surface area is 122 Å². The summed E-state index contributed by atoms with van der Waals surface area (Å²) in [6.07, 6.45) is 0. The van der Waals surface area contributed by atoms with Crippen LogP contribution in [-0.2, 0) is 5.75 Å². The van der Waals surface area contributed by atoms with Gasteiger partial charge in [0.05, 0.1) is 0 Å². The normalized spacial score (nSPS) is 10.7. The van der Waals surface area contributed by atoms with E-state index in [1.165, 1.54) is 17.8 Å². The van der Waals surface area contributed by atoms with Gasteiger partial charge >= 0.3 is 5.69 Å². The molecule has 0 aliphatic carbocycles. The van der Waals surface area contributed by atoms with Crippen LogP contribution in [0.25, 0.3) is 0 Å². The molecule has 2 rings (SSSR count). The summed E-state index contributed by atoms with van der Waals surface area (Å²) in [7, 11) is 0. The molecule has 0 aliphatic heterocycles. The third-order valence-electron chi connectivity index (χ3n) is 2.36. The highest BCUT2D eigenvalue weighted by atomic mass is 32.2. The Hall–Kier alpha value is -1.54. The van der Waals surface area contributed by atoms with Crippen LogP contribution in [0.1, 0.15) is 5.56 Å². The lowest BCUT2D eigenvalue weighted by Gasteiger charge is -2.02. The number of H-pyrrole nitrogens is 2. The number of nitrogens with zero attached hydrogens (tertiary/aromatic N) is 1. The molecule has 0 radical (unpaired) electrons. The fraction of sp³-hybridized carbons (Fsp3) is 0.250. The molecule has 1 aromatic heterocycles. The van der Waals surface area contributed by atoms with Crippen molar-refractivity contribution in [3.63, 3.8) is 0 Å². The zero-order valence-corrected chi connectivity index (χ0v) is 12.0. The molecule has 1 aromatic carbocycles. The molecule has 0 bridgehead atoms. The topological polar surface area (TPSA) is 78.6 Å². The first-order valence-electron chi connectivity index (χ1n) is 5.80. The molecule has 0 saturated carbocycles. The summed E-state index contributed by atoms with van der Waals surface area (Å²) >= 11 is 2.83. The summed E-state index contributed by atoms with van der Waals surface area (Å²) in [5.74, 6) is 1.79. The van der Waals surface area contributed by atoms with Crippen molar-refractivity contribution in [2.45, 2.75) is 10.8 Å². The van der Waals surface area contributed by atoms with E-state index in [2.05, 4.69) is 15.2 Å². The van der Waals surface area contributed by atoms with Crippen molar-refractivity contribution < 1.29 is 4.39 Å². The van der Waals surface area contributed by atoms with Gasteiger partial charge in [-0.1, -0.05) is 30.0 Å². The number of thioether (sulfide) groups is 2. The average molecular weight is 313 g/mol. The van der Waals surface area contributed by atoms with Crippen LogP contribution in [0.4, 0.5) is 4.39 Å². The summed E-state index contributed by atoms with van der Waals surface area (Å²) < 4.78 is 13.3. The van der Waals surface area contributed by atoms with E-state index >= 15 is 0 Å². The Morgan fingerprint density at radius 2 is 2.00 bits per heavy atom. The first-order chi connectivity index (χ1) is 9.66. The van der Waals surface area contributed by atoms with Gasteiger partial charge in [0.1, 0.15) is 5.82 Å². The van der Waals surface area contributed by atoms with Gasteiger partial charge in [0, 0.05) is 17.3 Å². The maximum Gasteiger partial charge on any atom is 0.342 e. The van der Waals surface area contributed by atoms with Crippen molar-refractivity contribution in [3.05, 3.63) is 56.5 Å². The maximum absolute atomic E-state index is 13.3. The second kappa shape index (κ2) is 7.30. The van der Waals surface area contributed by atoms with Gasteiger partial charge in [-0.25, -0.2) is 14.3 Å². The molecule has 2 N–H and O–H groups in total. The Morgan fingerprint density at radius 3 is 2.75 bits per heavy atom. The SMILES string of the molecule is O=c1[nH]nc(SCCSCc2ccccc2F)c(=O)[nH]1. The van der Waals surface area contributed by atoms with Crippen LogP contribution >= 0.6 is 23.5 Å². The maximum atomic E-state index is 13.3. The first-order valence-corrected chi connectivity index (χ1v) is 7.94. The fourth-order valence-electron chi connectivity index (χ4n) is 1.43. The molecule has 0 unspecified atom stereocenters. The van der Waals surface area contributed by atoms with E-state index in [0.29, 0.717) is 17.1 Å². The van der Waals surface area contributed by atoms with Crippen LogP contribution in [0.2, 0.25) is 0 Å². The van der Waals surface area contributed by atoms with Crippen molar-refractivity contribution in [2.24, 2.45) is 0 Å². The number of hydrogen-bond acceptors (Lipinski definition) is 5. The van der Waals surface area contributed by atoms with Crippen molar-refractivity contribution in [1.82, 2.24) is 15.2 Å². The van der Waals surface area contributed by atoms with Gasteiger partial charge in [-0.15, -0.1) is 0 Å². The zero-order chi connectivity index (χ0) is 14.4. The molecule has 8 heteroatoms. The molecule has 0 atom stereocenters. The molecule has 20 heavy (non-hydrogen) atoms. The zero-order valence-electron chi connectivity index (χ0n) is 10.4. The third-order valence-corrected chi connectivity index (χ3v) is 4.59. The molecular formula is C12H12FN3O2S2. The van der Waals surface area contributed by atoms with Gasteiger partial charge < -0.3 is 0 Å². The fourth-order valence-corrected chi connectivity index (χ4v) is 3.32. The Morgan fingerprint density at radius 1 is 1.20 bits per heavy atom. The number of nitrogens with one attached hydrogen (secondary N) is 2. The molecule has 0 aliphatic rings. The molecule has 2 aromatic rings. The predicted molar refractivity (Wildman–Crippen MR) is 78.8 cm³/mol. The molecule has 106 valence electrons. The summed E-state index contributed by atoms with van der Waals surface area (Å²) in [6.45, 7) is 0. The summed E-state index contributed by atoms with van der Waals surface area (Å²) in [5, 5.41) is 6.07. The van der Waals surface area contributed by atoms with E-state index in [0.717, 1.165) is 5.75 Å². The van der Waals surface area contributed by atoms with Crippen molar-refractivity contribution in [2.75, 3.05) is 11.5 Å². The summed E-state index contributed by atoms with van der Waals surface area (Å²) in [4.78, 5) is 24.2. The average Bonchev–Trinajstić information content (AvgIpc) is 2.42. The standard InChI is InChI=1S/C12H12FN3O2S2/c13-9-4-2-1-3-8(9)7-19-5-6-20-11-10(17)14-12(18)16-15-11/h1-4H,5-7H2,(H2,14,16,17,18). The minimum absolute atomic E-state index is 0.202. The van der Waals surface area contributed by atoms with Gasteiger partial charge in [0.25, 0.3) is 5.56 Å². The van der Waals surface area contributed by atoms with Gasteiger partial charge in [0.2, 0.25) is 0 Å². The monoisotopic (exact) mass is 313 g/mol.